The van der Waals surface area contributed by atoms with E-state index >= 15 is 0 Å². The fourth-order valence-electron chi connectivity index (χ4n) is 7.40. The topological polar surface area (TPSA) is 74.4 Å². The van der Waals surface area contributed by atoms with Gasteiger partial charge in [-0.1, -0.05) is 0 Å². The maximum atomic E-state index is 12.6. The fourth-order valence-corrected chi connectivity index (χ4v) is 7.40. The summed E-state index contributed by atoms with van der Waals surface area (Å²) in [5.74, 6) is 5.99. The molecule has 5 unspecified atom stereocenters. The molecule has 1 amide bonds. The van der Waals surface area contributed by atoms with Gasteiger partial charge in [-0.3, -0.25) is 4.79 Å². The van der Waals surface area contributed by atoms with Crippen LogP contribution in [0, 0.1) is 41.4 Å². The average molecular weight is 477 g/mol. The van der Waals surface area contributed by atoms with Crippen LogP contribution in [0.5, 0.6) is 0 Å². The smallest absolute Gasteiger partial charge is 0.223 e. The molecule has 4 N–H and O–H groups in total. The quantitative estimate of drug-likeness (QED) is 0.454. The van der Waals surface area contributed by atoms with Gasteiger partial charge in [-0.05, 0) is 139 Å². The first-order chi connectivity index (χ1) is 16.7. The van der Waals surface area contributed by atoms with Crippen LogP contribution in [0.2, 0.25) is 0 Å². The van der Waals surface area contributed by atoms with Crippen molar-refractivity contribution in [3.63, 3.8) is 0 Å². The maximum absolute atomic E-state index is 12.6. The Hall–Kier alpha value is -0.690. The molecule has 6 heteroatoms. The second-order valence-electron chi connectivity index (χ2n) is 12.0. The van der Waals surface area contributed by atoms with Gasteiger partial charge in [-0.15, -0.1) is 0 Å². The Bertz CT molecular complexity index is 603. The summed E-state index contributed by atoms with van der Waals surface area (Å²) >= 11 is 0. The highest BCUT2D eigenvalue weighted by atomic mass is 16.4. The molecular formula is C28H52N4O2. The van der Waals surface area contributed by atoms with Crippen LogP contribution in [-0.4, -0.2) is 65.4 Å². The number of nitrogens with one attached hydrogen (secondary N) is 4. The molecule has 5 atom stereocenters. The summed E-state index contributed by atoms with van der Waals surface area (Å²) in [6.07, 6.45) is 14.3. The Labute approximate surface area is 208 Å². The van der Waals surface area contributed by atoms with E-state index in [1.165, 1.54) is 77.4 Å². The van der Waals surface area contributed by atoms with Crippen molar-refractivity contribution in [3.8, 4) is 0 Å². The Morgan fingerprint density at radius 1 is 0.794 bits per heavy atom. The minimum absolute atomic E-state index is 0.286. The molecule has 196 valence electrons. The second-order valence-corrected chi connectivity index (χ2v) is 12.0. The number of carbonyl (C=O) groups is 1. The first-order valence-electron chi connectivity index (χ1n) is 14.5. The molecule has 0 aromatic heterocycles. The molecule has 0 aromatic carbocycles. The van der Waals surface area contributed by atoms with Crippen LogP contribution in [0.25, 0.3) is 0 Å². The standard InChI is InChI=1S/C26H46N4O.C2H6O/c31-26(30-15-18-7-10-27-11-8-18)20-3-1-19(2-4-20)25-14-23(25)17-29-24-6-5-22-16-28-12-9-21(22)13-24;1-3-2/h18-25,27-29H,1-17H2,(H,30,31);1-2H3. The van der Waals surface area contributed by atoms with Crippen LogP contribution in [0.3, 0.4) is 0 Å². The van der Waals surface area contributed by atoms with Crippen LogP contribution in [0.4, 0.5) is 0 Å². The zero-order valence-corrected chi connectivity index (χ0v) is 22.0. The van der Waals surface area contributed by atoms with Crippen molar-refractivity contribution < 1.29 is 9.53 Å². The summed E-state index contributed by atoms with van der Waals surface area (Å²) in [6.45, 7) is 6.88. The van der Waals surface area contributed by atoms with Crippen molar-refractivity contribution in [2.75, 3.05) is 53.5 Å². The molecule has 2 heterocycles. The normalized spacial score (nSPS) is 38.2. The van der Waals surface area contributed by atoms with E-state index < -0.39 is 0 Å². The molecule has 0 bridgehead atoms. The van der Waals surface area contributed by atoms with Gasteiger partial charge in [0.15, 0.2) is 0 Å². The van der Waals surface area contributed by atoms with Crippen molar-refractivity contribution >= 4 is 5.91 Å². The van der Waals surface area contributed by atoms with E-state index in [0.717, 1.165) is 68.1 Å². The van der Waals surface area contributed by atoms with Crippen LogP contribution in [-0.2, 0) is 9.53 Å². The van der Waals surface area contributed by atoms with Gasteiger partial charge >= 0.3 is 0 Å². The van der Waals surface area contributed by atoms with Crippen molar-refractivity contribution in [1.29, 1.82) is 0 Å². The molecule has 5 fully saturated rings. The van der Waals surface area contributed by atoms with Gasteiger partial charge in [0.1, 0.15) is 0 Å². The first kappa shape index (κ1) is 26.4. The molecule has 5 aliphatic rings. The van der Waals surface area contributed by atoms with E-state index in [2.05, 4.69) is 26.0 Å². The Morgan fingerprint density at radius 3 is 2.26 bits per heavy atom. The fraction of sp³-hybridized carbons (Fsp3) is 0.964. The molecule has 2 saturated heterocycles. The number of hydrogen-bond donors (Lipinski definition) is 4. The number of fused-ring (bicyclic) bond motifs is 1. The minimum atomic E-state index is 0.286. The number of piperidine rings is 2. The second kappa shape index (κ2) is 13.6. The van der Waals surface area contributed by atoms with Crippen molar-refractivity contribution in [1.82, 2.24) is 21.3 Å². The largest absolute Gasteiger partial charge is 0.388 e. The molecule has 0 aromatic rings. The lowest BCUT2D eigenvalue weighted by Gasteiger charge is -2.40. The Balaban J connectivity index is 0.000000868. The number of rotatable bonds is 7. The summed E-state index contributed by atoms with van der Waals surface area (Å²) in [5.41, 5.74) is 0. The number of ether oxygens (including phenoxy) is 1. The Morgan fingerprint density at radius 2 is 1.50 bits per heavy atom. The third-order valence-electron chi connectivity index (χ3n) is 9.66. The van der Waals surface area contributed by atoms with E-state index in [9.17, 15) is 4.79 Å². The monoisotopic (exact) mass is 476 g/mol. The van der Waals surface area contributed by atoms with Crippen LogP contribution < -0.4 is 21.3 Å². The molecule has 6 nitrogen and oxygen atoms in total. The first-order valence-corrected chi connectivity index (χ1v) is 14.5. The SMILES string of the molecule is COC.O=C(NCC1CCNCC1)C1CCC(C2CC2CNC2CCC3CNCCC3C2)CC1. The van der Waals surface area contributed by atoms with E-state index in [4.69, 9.17) is 0 Å². The van der Waals surface area contributed by atoms with Crippen LogP contribution >= 0.6 is 0 Å². The van der Waals surface area contributed by atoms with Gasteiger partial charge < -0.3 is 26.0 Å². The lowest BCUT2D eigenvalue weighted by atomic mass is 9.73. The molecule has 0 radical (unpaired) electrons. The van der Waals surface area contributed by atoms with Gasteiger partial charge in [0.2, 0.25) is 5.91 Å². The summed E-state index contributed by atoms with van der Waals surface area (Å²) in [4.78, 5) is 12.6. The van der Waals surface area contributed by atoms with E-state index in [1.807, 2.05) is 0 Å². The third-order valence-corrected chi connectivity index (χ3v) is 9.66. The number of amides is 1. The molecule has 5 rings (SSSR count). The number of methoxy groups -OCH3 is 1. The zero-order chi connectivity index (χ0) is 23.8. The zero-order valence-electron chi connectivity index (χ0n) is 22.0. The Kier molecular flexibility index (Phi) is 10.5. The highest BCUT2D eigenvalue weighted by Gasteiger charge is 2.44. The van der Waals surface area contributed by atoms with Gasteiger partial charge in [0.05, 0.1) is 0 Å². The van der Waals surface area contributed by atoms with Gasteiger partial charge in [-0.2, -0.15) is 0 Å². The maximum Gasteiger partial charge on any atom is 0.223 e. The molecular weight excluding hydrogens is 424 g/mol. The summed E-state index contributed by atoms with van der Waals surface area (Å²) in [5, 5.41) is 14.3. The number of carbonyl (C=O) groups excluding carboxylic acids is 1. The van der Waals surface area contributed by atoms with Crippen LogP contribution in [0.15, 0.2) is 0 Å². The van der Waals surface area contributed by atoms with Gasteiger partial charge in [0.25, 0.3) is 0 Å². The van der Waals surface area contributed by atoms with Crippen molar-refractivity contribution in [3.05, 3.63) is 0 Å². The molecule has 3 aliphatic carbocycles. The molecule has 0 spiro atoms. The molecule has 34 heavy (non-hydrogen) atoms. The summed E-state index contributed by atoms with van der Waals surface area (Å²) in [7, 11) is 3.25. The predicted octanol–water partition coefficient (Wildman–Crippen LogP) is 3.18. The molecule has 3 saturated carbocycles. The third kappa shape index (κ3) is 7.65. The minimum Gasteiger partial charge on any atom is -0.388 e. The van der Waals surface area contributed by atoms with Crippen molar-refractivity contribution in [2.45, 2.75) is 76.7 Å². The highest BCUT2D eigenvalue weighted by Crippen LogP contribution is 2.50. The van der Waals surface area contributed by atoms with E-state index in [-0.39, 0.29) is 5.92 Å². The summed E-state index contributed by atoms with van der Waals surface area (Å²) < 4.78 is 4.25. The van der Waals surface area contributed by atoms with E-state index in [1.54, 1.807) is 14.2 Å². The molecule has 2 aliphatic heterocycles. The van der Waals surface area contributed by atoms with Gasteiger partial charge in [0, 0.05) is 32.7 Å². The highest BCUT2D eigenvalue weighted by molar-refractivity contribution is 5.78. The van der Waals surface area contributed by atoms with E-state index in [0.29, 0.717) is 11.8 Å². The lowest BCUT2D eigenvalue weighted by molar-refractivity contribution is -0.126. The number of hydrogen-bond acceptors (Lipinski definition) is 5. The average Bonchev–Trinajstić information content (AvgIpc) is 3.67. The van der Waals surface area contributed by atoms with Crippen molar-refractivity contribution in [2.24, 2.45) is 41.4 Å². The summed E-state index contributed by atoms with van der Waals surface area (Å²) in [6, 6.07) is 0.778. The lowest BCUT2D eigenvalue weighted by Crippen LogP contribution is -2.45. The van der Waals surface area contributed by atoms with Gasteiger partial charge in [-0.25, -0.2) is 0 Å². The predicted molar refractivity (Wildman–Crippen MR) is 139 cm³/mol. The van der Waals surface area contributed by atoms with Crippen LogP contribution in [0.1, 0.15) is 70.6 Å².